The summed E-state index contributed by atoms with van der Waals surface area (Å²) < 4.78 is 1.75. The van der Waals surface area contributed by atoms with Crippen LogP contribution in [0.4, 0.5) is 0 Å². The molecule has 1 aliphatic rings. The van der Waals surface area contributed by atoms with E-state index in [0.717, 1.165) is 17.8 Å². The first-order chi connectivity index (χ1) is 11.0. The Hall–Kier alpha value is -2.63. The van der Waals surface area contributed by atoms with Crippen molar-refractivity contribution in [1.82, 2.24) is 14.7 Å². The molecular formula is C17H19N3O3. The minimum Gasteiger partial charge on any atom is -0.481 e. The quantitative estimate of drug-likeness (QED) is 0.942. The summed E-state index contributed by atoms with van der Waals surface area (Å²) in [6, 6.07) is 9.13. The zero-order valence-electron chi connectivity index (χ0n) is 13.0. The highest BCUT2D eigenvalue weighted by Gasteiger charge is 2.28. The smallest absolute Gasteiger partial charge is 0.308 e. The third-order valence-electron chi connectivity index (χ3n) is 4.16. The first kappa shape index (κ1) is 15.3. The van der Waals surface area contributed by atoms with Gasteiger partial charge in [-0.25, -0.2) is 4.68 Å². The van der Waals surface area contributed by atoms with E-state index in [1.165, 1.54) is 0 Å². The number of piperidine rings is 1. The van der Waals surface area contributed by atoms with Crippen molar-refractivity contribution in [3.8, 4) is 5.69 Å². The van der Waals surface area contributed by atoms with Crippen LogP contribution in [0.15, 0.2) is 36.5 Å². The van der Waals surface area contributed by atoms with Gasteiger partial charge >= 0.3 is 5.97 Å². The molecule has 1 aliphatic heterocycles. The number of aliphatic carboxylic acids is 1. The van der Waals surface area contributed by atoms with Gasteiger partial charge in [-0.05, 0) is 50.1 Å². The Morgan fingerprint density at radius 1 is 1.22 bits per heavy atom. The van der Waals surface area contributed by atoms with Crippen LogP contribution in [0.5, 0.6) is 0 Å². The van der Waals surface area contributed by atoms with Crippen LogP contribution in [-0.2, 0) is 4.79 Å². The maximum absolute atomic E-state index is 12.5. The van der Waals surface area contributed by atoms with Crippen LogP contribution >= 0.6 is 0 Å². The summed E-state index contributed by atoms with van der Waals surface area (Å²) in [5.74, 6) is -1.40. The van der Waals surface area contributed by atoms with Gasteiger partial charge in [-0.1, -0.05) is 0 Å². The van der Waals surface area contributed by atoms with Gasteiger partial charge in [0, 0.05) is 24.8 Å². The Kier molecular flexibility index (Phi) is 4.14. The molecular weight excluding hydrogens is 294 g/mol. The van der Waals surface area contributed by atoms with E-state index < -0.39 is 11.9 Å². The lowest BCUT2D eigenvalue weighted by Gasteiger charge is -2.30. The van der Waals surface area contributed by atoms with Crippen LogP contribution in [0.1, 0.15) is 28.9 Å². The number of amides is 1. The zero-order chi connectivity index (χ0) is 16.4. The minimum absolute atomic E-state index is 0.112. The number of aromatic nitrogens is 2. The van der Waals surface area contributed by atoms with Gasteiger partial charge in [0.25, 0.3) is 5.91 Å². The number of carboxylic acid groups (broad SMARTS) is 1. The molecule has 2 heterocycles. The fourth-order valence-electron chi connectivity index (χ4n) is 2.86. The van der Waals surface area contributed by atoms with E-state index in [1.807, 2.05) is 31.3 Å². The highest BCUT2D eigenvalue weighted by molar-refractivity contribution is 5.94. The first-order valence-electron chi connectivity index (χ1n) is 7.69. The van der Waals surface area contributed by atoms with Gasteiger partial charge in [0.1, 0.15) is 0 Å². The van der Waals surface area contributed by atoms with E-state index in [2.05, 4.69) is 5.10 Å². The second kappa shape index (κ2) is 6.24. The lowest BCUT2D eigenvalue weighted by atomic mass is 9.97. The number of nitrogens with zero attached hydrogens (tertiary/aromatic N) is 3. The SMILES string of the molecule is Cc1ccn(-c2ccc(C(=O)N3CCCC(C(=O)O)C3)cc2)n1. The van der Waals surface area contributed by atoms with Crippen molar-refractivity contribution in [2.45, 2.75) is 19.8 Å². The molecule has 2 aromatic rings. The van der Waals surface area contributed by atoms with Gasteiger partial charge in [-0.15, -0.1) is 0 Å². The molecule has 23 heavy (non-hydrogen) atoms. The zero-order valence-corrected chi connectivity index (χ0v) is 13.0. The van der Waals surface area contributed by atoms with Gasteiger partial charge in [-0.3, -0.25) is 9.59 Å². The number of benzene rings is 1. The summed E-state index contributed by atoms with van der Waals surface area (Å²) >= 11 is 0. The summed E-state index contributed by atoms with van der Waals surface area (Å²) in [6.07, 6.45) is 3.23. The van der Waals surface area contributed by atoms with Crippen LogP contribution in [0.25, 0.3) is 5.69 Å². The van der Waals surface area contributed by atoms with E-state index in [1.54, 1.807) is 21.7 Å². The number of likely N-dealkylation sites (tertiary alicyclic amines) is 1. The lowest BCUT2D eigenvalue weighted by Crippen LogP contribution is -2.42. The monoisotopic (exact) mass is 313 g/mol. The molecule has 1 aromatic carbocycles. The number of rotatable bonds is 3. The van der Waals surface area contributed by atoms with E-state index in [0.29, 0.717) is 18.5 Å². The second-order valence-corrected chi connectivity index (χ2v) is 5.88. The predicted molar refractivity (Wildman–Crippen MR) is 84.6 cm³/mol. The average molecular weight is 313 g/mol. The molecule has 6 heteroatoms. The van der Waals surface area contributed by atoms with Crippen molar-refractivity contribution < 1.29 is 14.7 Å². The molecule has 0 radical (unpaired) electrons. The minimum atomic E-state index is -0.827. The molecule has 0 bridgehead atoms. The summed E-state index contributed by atoms with van der Waals surface area (Å²) in [5, 5.41) is 13.5. The largest absolute Gasteiger partial charge is 0.481 e. The average Bonchev–Trinajstić information content (AvgIpc) is 3.01. The van der Waals surface area contributed by atoms with Gasteiger partial charge < -0.3 is 10.0 Å². The summed E-state index contributed by atoms with van der Waals surface area (Å²) in [7, 11) is 0. The van der Waals surface area contributed by atoms with Gasteiger partial charge in [0.2, 0.25) is 0 Å². The van der Waals surface area contributed by atoms with Crippen molar-refractivity contribution in [2.24, 2.45) is 5.92 Å². The van der Waals surface area contributed by atoms with Gasteiger partial charge in [-0.2, -0.15) is 5.10 Å². The third kappa shape index (κ3) is 3.26. The van der Waals surface area contributed by atoms with Gasteiger partial charge in [0.05, 0.1) is 17.3 Å². The number of hydrogen-bond acceptors (Lipinski definition) is 3. The van der Waals surface area contributed by atoms with Crippen LogP contribution in [0.2, 0.25) is 0 Å². The number of carbonyl (C=O) groups excluding carboxylic acids is 1. The summed E-state index contributed by atoms with van der Waals surface area (Å²) in [4.78, 5) is 25.3. The van der Waals surface area contributed by atoms with Crippen molar-refractivity contribution >= 4 is 11.9 Å². The molecule has 0 saturated carbocycles. The topological polar surface area (TPSA) is 75.4 Å². The molecule has 1 N–H and O–H groups in total. The predicted octanol–water partition coefficient (Wildman–Crippen LogP) is 2.12. The highest BCUT2D eigenvalue weighted by Crippen LogP contribution is 2.19. The van der Waals surface area contributed by atoms with Crippen LogP contribution in [0.3, 0.4) is 0 Å². The Morgan fingerprint density at radius 3 is 2.57 bits per heavy atom. The van der Waals surface area contributed by atoms with Crippen LogP contribution < -0.4 is 0 Å². The molecule has 1 unspecified atom stereocenters. The van der Waals surface area contributed by atoms with Gasteiger partial charge in [0.15, 0.2) is 0 Å². The highest BCUT2D eigenvalue weighted by atomic mass is 16.4. The van der Waals surface area contributed by atoms with Crippen LogP contribution in [-0.4, -0.2) is 44.8 Å². The molecule has 1 saturated heterocycles. The molecule has 1 fully saturated rings. The Labute approximate surface area is 134 Å². The third-order valence-corrected chi connectivity index (χ3v) is 4.16. The standard InChI is InChI=1S/C17H19N3O3/c1-12-8-10-20(18-12)15-6-4-13(5-7-15)16(21)19-9-2-3-14(11-19)17(22)23/h4-8,10,14H,2-3,9,11H2,1H3,(H,22,23). The van der Waals surface area contributed by atoms with Crippen molar-refractivity contribution in [3.05, 3.63) is 47.8 Å². The molecule has 1 amide bonds. The fraction of sp³-hybridized carbons (Fsp3) is 0.353. The normalized spacial score (nSPS) is 18.0. The molecule has 1 atom stereocenters. The molecule has 3 rings (SSSR count). The van der Waals surface area contributed by atoms with Crippen molar-refractivity contribution in [1.29, 1.82) is 0 Å². The van der Waals surface area contributed by atoms with E-state index >= 15 is 0 Å². The van der Waals surface area contributed by atoms with E-state index in [9.17, 15) is 9.59 Å². The van der Waals surface area contributed by atoms with Crippen molar-refractivity contribution in [3.63, 3.8) is 0 Å². The number of aryl methyl sites for hydroxylation is 1. The summed E-state index contributed by atoms with van der Waals surface area (Å²) in [6.45, 7) is 2.82. The Bertz CT molecular complexity index is 721. The maximum Gasteiger partial charge on any atom is 0.308 e. The van der Waals surface area contributed by atoms with E-state index in [-0.39, 0.29) is 12.5 Å². The van der Waals surface area contributed by atoms with E-state index in [4.69, 9.17) is 5.11 Å². The summed E-state index contributed by atoms with van der Waals surface area (Å²) in [5.41, 5.74) is 2.39. The molecule has 120 valence electrons. The molecule has 6 nitrogen and oxygen atoms in total. The molecule has 0 aliphatic carbocycles. The molecule has 0 spiro atoms. The number of carboxylic acids is 1. The Balaban J connectivity index is 1.74. The number of carbonyl (C=O) groups is 2. The van der Waals surface area contributed by atoms with Crippen molar-refractivity contribution in [2.75, 3.05) is 13.1 Å². The fourth-order valence-corrected chi connectivity index (χ4v) is 2.86. The van der Waals surface area contributed by atoms with Crippen LogP contribution in [0, 0.1) is 12.8 Å². The second-order valence-electron chi connectivity index (χ2n) is 5.88. The molecule has 1 aromatic heterocycles. The lowest BCUT2D eigenvalue weighted by molar-refractivity contribution is -0.143. The first-order valence-corrected chi connectivity index (χ1v) is 7.69. The maximum atomic E-state index is 12.5. The number of hydrogen-bond donors (Lipinski definition) is 1. The Morgan fingerprint density at radius 2 is 1.96 bits per heavy atom.